The van der Waals surface area contributed by atoms with Crippen LogP contribution >= 0.6 is 0 Å². The van der Waals surface area contributed by atoms with E-state index >= 15 is 0 Å². The van der Waals surface area contributed by atoms with E-state index in [4.69, 9.17) is 4.74 Å². The largest absolute Gasteiger partial charge is 0.469 e. The van der Waals surface area contributed by atoms with Crippen LogP contribution in [0.15, 0.2) is 12.1 Å². The second kappa shape index (κ2) is 8.30. The zero-order valence-electron chi connectivity index (χ0n) is 16.9. The Morgan fingerprint density at radius 2 is 1.96 bits per heavy atom. The van der Waals surface area contributed by atoms with Crippen molar-refractivity contribution in [1.29, 1.82) is 0 Å². The van der Waals surface area contributed by atoms with E-state index in [-0.39, 0.29) is 23.8 Å². The molecule has 1 N–H and O–H groups in total. The third-order valence-electron chi connectivity index (χ3n) is 5.85. The zero-order valence-corrected chi connectivity index (χ0v) is 16.9. The highest BCUT2D eigenvalue weighted by atomic mass is 16.5. The van der Waals surface area contributed by atoms with Crippen LogP contribution in [-0.2, 0) is 16.1 Å². The van der Waals surface area contributed by atoms with Crippen LogP contribution < -0.4 is 5.32 Å². The molecule has 0 spiro atoms. The van der Waals surface area contributed by atoms with Crippen molar-refractivity contribution in [2.75, 3.05) is 39.6 Å². The number of carbonyl (C=O) groups is 2. The number of aryl methyl sites for hydroxylation is 1. The highest BCUT2D eigenvalue weighted by molar-refractivity contribution is 6.00. The molecule has 6 heteroatoms. The van der Waals surface area contributed by atoms with Crippen molar-refractivity contribution in [2.45, 2.75) is 45.2 Å². The number of rotatable bonds is 6. The van der Waals surface area contributed by atoms with Crippen molar-refractivity contribution in [2.24, 2.45) is 5.92 Å². The second-order valence-corrected chi connectivity index (χ2v) is 8.01. The Labute approximate surface area is 161 Å². The molecule has 6 nitrogen and oxygen atoms in total. The number of benzene rings is 1. The van der Waals surface area contributed by atoms with E-state index in [9.17, 15) is 9.59 Å². The summed E-state index contributed by atoms with van der Waals surface area (Å²) in [5, 5.41) is 3.42. The quantitative estimate of drug-likeness (QED) is 0.777. The third kappa shape index (κ3) is 4.26. The minimum absolute atomic E-state index is 0.0134. The first-order chi connectivity index (χ1) is 12.9. The minimum Gasteiger partial charge on any atom is -0.469 e. The molecule has 2 aliphatic rings. The van der Waals surface area contributed by atoms with Gasteiger partial charge in [0.25, 0.3) is 5.91 Å². The lowest BCUT2D eigenvalue weighted by Crippen LogP contribution is -2.39. The second-order valence-electron chi connectivity index (χ2n) is 8.01. The molecule has 0 saturated heterocycles. The Morgan fingerprint density at radius 3 is 2.59 bits per heavy atom. The average molecular weight is 373 g/mol. The first-order valence-corrected chi connectivity index (χ1v) is 9.81. The topological polar surface area (TPSA) is 61.9 Å². The number of methoxy groups -OCH3 is 1. The van der Waals surface area contributed by atoms with Crippen molar-refractivity contribution in [3.8, 4) is 0 Å². The van der Waals surface area contributed by atoms with Gasteiger partial charge in [0.05, 0.1) is 13.0 Å². The standard InChI is InChI=1S/C21H31N3O3/c1-14-11-16(22-9-10-23(2)3)12-18-19(14)13-24(20(18)25)17-7-5-15(6-8-17)21(26)27-4/h11-12,15,17,22H,5-10,13H2,1-4H3. The van der Waals surface area contributed by atoms with Gasteiger partial charge in [-0.05, 0) is 70.0 Å². The number of likely N-dealkylation sites (N-methyl/N-ethyl adjacent to an activating group) is 1. The number of anilines is 1. The fraction of sp³-hybridized carbons (Fsp3) is 0.619. The molecule has 1 fully saturated rings. The maximum absolute atomic E-state index is 13.1. The van der Waals surface area contributed by atoms with Crippen molar-refractivity contribution in [3.63, 3.8) is 0 Å². The molecule has 0 radical (unpaired) electrons. The highest BCUT2D eigenvalue weighted by Crippen LogP contribution is 2.35. The van der Waals surface area contributed by atoms with Gasteiger partial charge in [-0.2, -0.15) is 0 Å². The highest BCUT2D eigenvalue weighted by Gasteiger charge is 2.37. The third-order valence-corrected chi connectivity index (χ3v) is 5.85. The van der Waals surface area contributed by atoms with Gasteiger partial charge in [-0.3, -0.25) is 9.59 Å². The molecule has 0 aromatic heterocycles. The van der Waals surface area contributed by atoms with Gasteiger partial charge in [-0.15, -0.1) is 0 Å². The predicted molar refractivity (Wildman–Crippen MR) is 106 cm³/mol. The van der Waals surface area contributed by atoms with Crippen molar-refractivity contribution < 1.29 is 14.3 Å². The first kappa shape index (κ1) is 19.7. The van der Waals surface area contributed by atoms with Gasteiger partial charge in [-0.25, -0.2) is 0 Å². The van der Waals surface area contributed by atoms with E-state index in [1.807, 2.05) is 25.1 Å². The van der Waals surface area contributed by atoms with Crippen LogP contribution in [0, 0.1) is 12.8 Å². The molecule has 1 aromatic rings. The van der Waals surface area contributed by atoms with E-state index in [1.54, 1.807) is 0 Å². The van der Waals surface area contributed by atoms with Crippen LogP contribution in [0.5, 0.6) is 0 Å². The van der Waals surface area contributed by atoms with Gasteiger partial charge >= 0.3 is 5.97 Å². The molecular formula is C21H31N3O3. The summed E-state index contributed by atoms with van der Waals surface area (Å²) in [5.41, 5.74) is 4.15. The smallest absolute Gasteiger partial charge is 0.308 e. The van der Waals surface area contributed by atoms with E-state index in [1.165, 1.54) is 12.7 Å². The summed E-state index contributed by atoms with van der Waals surface area (Å²) < 4.78 is 4.87. The van der Waals surface area contributed by atoms with E-state index in [0.717, 1.165) is 55.6 Å². The average Bonchev–Trinajstić information content (AvgIpc) is 2.98. The normalized spacial score (nSPS) is 22.1. The predicted octanol–water partition coefficient (Wildman–Crippen LogP) is 2.66. The van der Waals surface area contributed by atoms with Crippen molar-refractivity contribution in [1.82, 2.24) is 9.80 Å². The van der Waals surface area contributed by atoms with Crippen molar-refractivity contribution >= 4 is 17.6 Å². The molecule has 1 aliphatic carbocycles. The monoisotopic (exact) mass is 373 g/mol. The van der Waals surface area contributed by atoms with E-state index in [2.05, 4.69) is 23.2 Å². The molecule has 148 valence electrons. The van der Waals surface area contributed by atoms with Crippen LogP contribution in [0.2, 0.25) is 0 Å². The van der Waals surface area contributed by atoms with Crippen LogP contribution in [0.3, 0.4) is 0 Å². The fourth-order valence-electron chi connectivity index (χ4n) is 4.23. The first-order valence-electron chi connectivity index (χ1n) is 9.81. The molecule has 0 atom stereocenters. The molecular weight excluding hydrogens is 342 g/mol. The Hall–Kier alpha value is -2.08. The summed E-state index contributed by atoms with van der Waals surface area (Å²) in [6.45, 7) is 4.56. The summed E-state index contributed by atoms with van der Waals surface area (Å²) in [6, 6.07) is 4.36. The lowest BCUT2D eigenvalue weighted by atomic mass is 9.85. The van der Waals surface area contributed by atoms with Crippen LogP contribution in [0.4, 0.5) is 5.69 Å². The Kier molecular flexibility index (Phi) is 6.05. The molecule has 1 aliphatic heterocycles. The number of hydrogen-bond acceptors (Lipinski definition) is 5. The number of esters is 1. The molecule has 1 heterocycles. The minimum atomic E-state index is -0.117. The lowest BCUT2D eigenvalue weighted by molar-refractivity contribution is -0.146. The van der Waals surface area contributed by atoms with E-state index in [0.29, 0.717) is 6.54 Å². The molecule has 1 aromatic carbocycles. The van der Waals surface area contributed by atoms with Crippen molar-refractivity contribution in [3.05, 3.63) is 28.8 Å². The summed E-state index contributed by atoms with van der Waals surface area (Å²) in [6.07, 6.45) is 3.33. The van der Waals surface area contributed by atoms with Crippen LogP contribution in [0.1, 0.15) is 47.2 Å². The zero-order chi connectivity index (χ0) is 19.6. The fourth-order valence-corrected chi connectivity index (χ4v) is 4.23. The molecule has 0 bridgehead atoms. The molecule has 3 rings (SSSR count). The summed E-state index contributed by atoms with van der Waals surface area (Å²) in [5.74, 6) is 0.000197. The number of ether oxygens (including phenoxy) is 1. The number of carbonyl (C=O) groups excluding carboxylic acids is 2. The van der Waals surface area contributed by atoms with Crippen LogP contribution in [-0.4, -0.2) is 62.0 Å². The maximum Gasteiger partial charge on any atom is 0.308 e. The molecule has 27 heavy (non-hydrogen) atoms. The van der Waals surface area contributed by atoms with Gasteiger partial charge in [-0.1, -0.05) is 0 Å². The number of hydrogen-bond donors (Lipinski definition) is 1. The summed E-state index contributed by atoms with van der Waals surface area (Å²) in [4.78, 5) is 28.9. The van der Waals surface area contributed by atoms with Gasteiger partial charge in [0.15, 0.2) is 0 Å². The Balaban J connectivity index is 1.66. The summed E-state index contributed by atoms with van der Waals surface area (Å²) in [7, 11) is 5.54. The Bertz CT molecular complexity index is 709. The molecule has 1 saturated carbocycles. The van der Waals surface area contributed by atoms with Crippen LogP contribution in [0.25, 0.3) is 0 Å². The summed E-state index contributed by atoms with van der Waals surface area (Å²) >= 11 is 0. The van der Waals surface area contributed by atoms with Gasteiger partial charge in [0.1, 0.15) is 0 Å². The number of nitrogens with zero attached hydrogens (tertiary/aromatic N) is 2. The maximum atomic E-state index is 13.1. The molecule has 0 unspecified atom stereocenters. The number of fused-ring (bicyclic) bond motifs is 1. The lowest BCUT2D eigenvalue weighted by Gasteiger charge is -2.33. The van der Waals surface area contributed by atoms with Gasteiger partial charge in [0.2, 0.25) is 0 Å². The van der Waals surface area contributed by atoms with Gasteiger partial charge in [0, 0.05) is 36.9 Å². The number of nitrogens with one attached hydrogen (secondary N) is 1. The SMILES string of the molecule is COC(=O)C1CCC(N2Cc3c(C)cc(NCCN(C)C)cc3C2=O)CC1. The Morgan fingerprint density at radius 1 is 1.26 bits per heavy atom. The van der Waals surface area contributed by atoms with Gasteiger partial charge < -0.3 is 19.9 Å². The molecule has 1 amide bonds. The van der Waals surface area contributed by atoms with E-state index < -0.39 is 0 Å². The number of amides is 1.